The van der Waals surface area contributed by atoms with Crippen LogP contribution in [0.3, 0.4) is 0 Å². The molecule has 0 atom stereocenters. The Hall–Kier alpha value is -3.55. The van der Waals surface area contributed by atoms with Crippen LogP contribution in [0.25, 0.3) is 10.9 Å². The molecule has 1 N–H and O–H groups in total. The maximum atomic E-state index is 13.6. The molecule has 3 aromatic rings. The number of fused-ring (bicyclic) bond motifs is 1. The minimum Gasteiger partial charge on any atom is -0.496 e. The Labute approximate surface area is 203 Å². The van der Waals surface area contributed by atoms with E-state index >= 15 is 0 Å². The number of hydrogen-bond acceptors (Lipinski definition) is 5. The number of halogens is 1. The number of ketones is 1. The van der Waals surface area contributed by atoms with Crippen LogP contribution in [0.5, 0.6) is 5.75 Å². The second-order valence-corrected chi connectivity index (χ2v) is 9.19. The average Bonchev–Trinajstić information content (AvgIpc) is 2.84. The van der Waals surface area contributed by atoms with Crippen LogP contribution in [-0.2, 0) is 11.2 Å². The number of ether oxygens (including phenoxy) is 1. The van der Waals surface area contributed by atoms with Gasteiger partial charge in [0.2, 0.25) is 5.91 Å². The normalized spacial score (nSPS) is 14.3. The van der Waals surface area contributed by atoms with Crippen LogP contribution in [0.15, 0.2) is 35.1 Å². The van der Waals surface area contributed by atoms with Crippen molar-refractivity contribution in [1.29, 1.82) is 0 Å². The Balaban J connectivity index is 1.29. The van der Waals surface area contributed by atoms with Crippen molar-refractivity contribution < 1.29 is 18.7 Å². The number of piperidine rings is 1. The molecule has 1 aliphatic heterocycles. The lowest BCUT2D eigenvalue weighted by Crippen LogP contribution is -2.40. The minimum absolute atomic E-state index is 0.0394. The van der Waals surface area contributed by atoms with Gasteiger partial charge in [-0.3, -0.25) is 14.4 Å². The number of methoxy groups -OCH3 is 1. The molecule has 0 saturated carbocycles. The fourth-order valence-corrected chi connectivity index (χ4v) is 4.76. The highest BCUT2D eigenvalue weighted by Gasteiger charge is 2.28. The topological polar surface area (TPSA) is 92.4 Å². The highest BCUT2D eigenvalue weighted by atomic mass is 19.1. The van der Waals surface area contributed by atoms with Crippen molar-refractivity contribution in [2.24, 2.45) is 5.92 Å². The first-order valence-electron chi connectivity index (χ1n) is 11.9. The van der Waals surface area contributed by atoms with Gasteiger partial charge in [0.25, 0.3) is 5.56 Å². The summed E-state index contributed by atoms with van der Waals surface area (Å²) < 4.78 is 18.9. The maximum absolute atomic E-state index is 13.6. The molecular weight excluding hydrogens is 449 g/mol. The van der Waals surface area contributed by atoms with Crippen LogP contribution < -0.4 is 10.3 Å². The van der Waals surface area contributed by atoms with Crippen LogP contribution in [0.1, 0.15) is 53.0 Å². The molecule has 4 rings (SSSR count). The summed E-state index contributed by atoms with van der Waals surface area (Å²) in [6.45, 7) is 4.75. The van der Waals surface area contributed by atoms with Crippen LogP contribution in [-0.4, -0.2) is 46.8 Å². The predicted octanol–water partition coefficient (Wildman–Crippen LogP) is 4.13. The summed E-state index contributed by atoms with van der Waals surface area (Å²) in [6.07, 6.45) is 2.60. The van der Waals surface area contributed by atoms with Crippen molar-refractivity contribution in [2.45, 2.75) is 46.0 Å². The van der Waals surface area contributed by atoms with Gasteiger partial charge in [-0.2, -0.15) is 0 Å². The third-order valence-corrected chi connectivity index (χ3v) is 6.72. The minimum atomic E-state index is -0.467. The molecule has 1 saturated heterocycles. The standard InChI is InChI=1S/C27H30FN3O4/c1-16-13-19(7-8-22(16)35-3)26(33)18-9-11-31(12-10-18)24(32)6-4-5-23-29-25-17(2)14-20(28)15-21(25)27(34)30-23/h7-8,13-15,18H,4-6,9-12H2,1-3H3,(H,29,30,34). The number of benzene rings is 2. The molecule has 8 heteroatoms. The van der Waals surface area contributed by atoms with Crippen molar-refractivity contribution in [3.63, 3.8) is 0 Å². The number of aryl methyl sites for hydroxylation is 3. The van der Waals surface area contributed by atoms with Crippen molar-refractivity contribution in [2.75, 3.05) is 20.2 Å². The molecule has 0 aliphatic carbocycles. The van der Waals surface area contributed by atoms with Crippen molar-refractivity contribution in [3.8, 4) is 5.75 Å². The quantitative estimate of drug-likeness (QED) is 0.515. The molecule has 2 aromatic carbocycles. The number of Topliss-reactive ketones (excluding diaryl/α,β-unsaturated/α-hetero) is 1. The van der Waals surface area contributed by atoms with E-state index in [9.17, 15) is 18.8 Å². The molecule has 0 radical (unpaired) electrons. The Morgan fingerprint density at radius 2 is 1.89 bits per heavy atom. The highest BCUT2D eigenvalue weighted by Crippen LogP contribution is 2.25. The van der Waals surface area contributed by atoms with E-state index in [4.69, 9.17) is 4.74 Å². The van der Waals surface area contributed by atoms with Crippen LogP contribution >= 0.6 is 0 Å². The number of aromatic nitrogens is 2. The van der Waals surface area contributed by atoms with Gasteiger partial charge in [-0.05, 0) is 74.6 Å². The fraction of sp³-hybridized carbons (Fsp3) is 0.407. The number of carbonyl (C=O) groups excluding carboxylic acids is 2. The van der Waals surface area contributed by atoms with Gasteiger partial charge in [0.1, 0.15) is 17.4 Å². The summed E-state index contributed by atoms with van der Waals surface area (Å²) in [6, 6.07) is 8.02. The van der Waals surface area contributed by atoms with Gasteiger partial charge in [0.15, 0.2) is 5.78 Å². The molecule has 35 heavy (non-hydrogen) atoms. The van der Waals surface area contributed by atoms with Crippen molar-refractivity contribution in [1.82, 2.24) is 14.9 Å². The predicted molar refractivity (Wildman–Crippen MR) is 131 cm³/mol. The number of likely N-dealkylation sites (tertiary alicyclic amines) is 1. The Morgan fingerprint density at radius 1 is 1.14 bits per heavy atom. The van der Waals surface area contributed by atoms with E-state index in [0.717, 1.165) is 11.3 Å². The average molecular weight is 480 g/mol. The van der Waals surface area contributed by atoms with E-state index in [-0.39, 0.29) is 28.6 Å². The van der Waals surface area contributed by atoms with Gasteiger partial charge in [0.05, 0.1) is 18.0 Å². The first kappa shape index (κ1) is 24.6. The summed E-state index contributed by atoms with van der Waals surface area (Å²) in [4.78, 5) is 46.9. The van der Waals surface area contributed by atoms with Crippen molar-refractivity contribution in [3.05, 3.63) is 69.0 Å². The Bertz CT molecular complexity index is 1330. The zero-order chi connectivity index (χ0) is 25.1. The summed E-state index contributed by atoms with van der Waals surface area (Å²) >= 11 is 0. The third-order valence-electron chi connectivity index (χ3n) is 6.72. The second-order valence-electron chi connectivity index (χ2n) is 9.19. The van der Waals surface area contributed by atoms with E-state index in [2.05, 4.69) is 9.97 Å². The lowest BCUT2D eigenvalue weighted by atomic mass is 9.88. The van der Waals surface area contributed by atoms with Crippen LogP contribution in [0.4, 0.5) is 4.39 Å². The van der Waals surface area contributed by atoms with Gasteiger partial charge in [-0.25, -0.2) is 9.37 Å². The van der Waals surface area contributed by atoms with Crippen LogP contribution in [0, 0.1) is 25.6 Å². The van der Waals surface area contributed by atoms with E-state index in [1.807, 2.05) is 24.0 Å². The zero-order valence-corrected chi connectivity index (χ0v) is 20.3. The number of nitrogens with one attached hydrogen (secondary N) is 1. The number of rotatable bonds is 7. The summed E-state index contributed by atoms with van der Waals surface area (Å²) in [7, 11) is 1.61. The lowest BCUT2D eigenvalue weighted by molar-refractivity contribution is -0.132. The molecule has 0 spiro atoms. The first-order valence-corrected chi connectivity index (χ1v) is 11.9. The first-order chi connectivity index (χ1) is 16.8. The summed E-state index contributed by atoms with van der Waals surface area (Å²) in [5.74, 6) is 0.844. The molecule has 1 amide bonds. The number of amides is 1. The number of hydrogen-bond donors (Lipinski definition) is 1. The second kappa shape index (κ2) is 10.4. The molecule has 184 valence electrons. The lowest BCUT2D eigenvalue weighted by Gasteiger charge is -2.31. The maximum Gasteiger partial charge on any atom is 0.258 e. The molecule has 1 aromatic heterocycles. The summed E-state index contributed by atoms with van der Waals surface area (Å²) in [5, 5.41) is 0.226. The van der Waals surface area contributed by atoms with Crippen LogP contribution in [0.2, 0.25) is 0 Å². The zero-order valence-electron chi connectivity index (χ0n) is 20.3. The number of H-pyrrole nitrogens is 1. The molecule has 0 unspecified atom stereocenters. The largest absolute Gasteiger partial charge is 0.496 e. The Morgan fingerprint density at radius 3 is 2.57 bits per heavy atom. The molecule has 7 nitrogen and oxygen atoms in total. The number of aromatic amines is 1. The number of nitrogens with zero attached hydrogens (tertiary/aromatic N) is 2. The third kappa shape index (κ3) is 5.42. The number of carbonyl (C=O) groups is 2. The fourth-order valence-electron chi connectivity index (χ4n) is 4.76. The molecule has 1 fully saturated rings. The van der Waals surface area contributed by atoms with Gasteiger partial charge in [-0.15, -0.1) is 0 Å². The van der Waals surface area contributed by atoms with Gasteiger partial charge >= 0.3 is 0 Å². The van der Waals surface area contributed by atoms with E-state index < -0.39 is 5.82 Å². The molecule has 0 bridgehead atoms. The Kier molecular flexibility index (Phi) is 7.28. The van der Waals surface area contributed by atoms with Gasteiger partial charge < -0.3 is 14.6 Å². The highest BCUT2D eigenvalue weighted by molar-refractivity contribution is 5.98. The van der Waals surface area contributed by atoms with Gasteiger partial charge in [-0.1, -0.05) is 0 Å². The molecular formula is C27H30FN3O4. The SMILES string of the molecule is COc1ccc(C(=O)C2CCN(C(=O)CCCc3nc4c(C)cc(F)cc4c(=O)[nH]3)CC2)cc1C. The van der Waals surface area contributed by atoms with Gasteiger partial charge in [0, 0.05) is 37.4 Å². The smallest absolute Gasteiger partial charge is 0.258 e. The van der Waals surface area contributed by atoms with E-state index in [1.54, 1.807) is 20.1 Å². The molecule has 1 aliphatic rings. The van der Waals surface area contributed by atoms with E-state index in [0.29, 0.717) is 67.7 Å². The van der Waals surface area contributed by atoms with Crippen molar-refractivity contribution >= 4 is 22.6 Å². The summed E-state index contributed by atoms with van der Waals surface area (Å²) in [5.41, 5.74) is 2.32. The monoisotopic (exact) mass is 479 g/mol. The van der Waals surface area contributed by atoms with E-state index in [1.165, 1.54) is 12.1 Å². The molecule has 2 heterocycles.